The Bertz CT molecular complexity index is 443. The Morgan fingerprint density at radius 2 is 2.06 bits per heavy atom. The molecule has 92 valence electrons. The highest BCUT2D eigenvalue weighted by molar-refractivity contribution is 5.27. The van der Waals surface area contributed by atoms with Gasteiger partial charge in [-0.1, -0.05) is 0 Å². The van der Waals surface area contributed by atoms with E-state index in [1.165, 1.54) is 0 Å². The molecule has 2 aromatic rings. The van der Waals surface area contributed by atoms with Crippen LogP contribution in [0.2, 0.25) is 0 Å². The number of nitrogens with one attached hydrogen (secondary N) is 1. The molecule has 0 aliphatic rings. The van der Waals surface area contributed by atoms with Crippen molar-refractivity contribution in [1.82, 2.24) is 19.1 Å². The Balaban J connectivity index is 1.98. The van der Waals surface area contributed by atoms with Crippen LogP contribution in [0.15, 0.2) is 31.1 Å². The summed E-state index contributed by atoms with van der Waals surface area (Å²) in [6.45, 7) is 7.31. The van der Waals surface area contributed by atoms with E-state index in [1.807, 2.05) is 24.9 Å². The Morgan fingerprint density at radius 3 is 2.71 bits per heavy atom. The molecule has 1 atom stereocenters. The molecule has 0 saturated heterocycles. The van der Waals surface area contributed by atoms with Crippen molar-refractivity contribution in [2.75, 3.05) is 5.32 Å². The van der Waals surface area contributed by atoms with Crippen molar-refractivity contribution in [3.8, 4) is 0 Å². The van der Waals surface area contributed by atoms with Crippen LogP contribution in [0.1, 0.15) is 26.8 Å². The fourth-order valence-electron chi connectivity index (χ4n) is 1.82. The third-order valence-corrected chi connectivity index (χ3v) is 2.64. The summed E-state index contributed by atoms with van der Waals surface area (Å²) >= 11 is 0. The van der Waals surface area contributed by atoms with Gasteiger partial charge in [-0.25, -0.2) is 9.97 Å². The molecular weight excluding hydrogens is 214 g/mol. The van der Waals surface area contributed by atoms with Crippen molar-refractivity contribution in [2.45, 2.75) is 39.4 Å². The molecule has 2 rings (SSSR count). The molecule has 0 saturated carbocycles. The van der Waals surface area contributed by atoms with Gasteiger partial charge in [-0.05, 0) is 20.8 Å². The van der Waals surface area contributed by atoms with Crippen molar-refractivity contribution in [3.05, 3.63) is 31.1 Å². The first-order valence-electron chi connectivity index (χ1n) is 5.92. The highest BCUT2D eigenvalue weighted by atomic mass is 15.2. The van der Waals surface area contributed by atoms with Crippen molar-refractivity contribution < 1.29 is 0 Å². The van der Waals surface area contributed by atoms with E-state index in [0.717, 1.165) is 12.5 Å². The molecule has 0 radical (unpaired) electrons. The summed E-state index contributed by atoms with van der Waals surface area (Å²) in [7, 11) is 0. The first kappa shape index (κ1) is 11.7. The highest BCUT2D eigenvalue weighted by Gasteiger charge is 2.09. The Morgan fingerprint density at radius 1 is 1.24 bits per heavy atom. The lowest BCUT2D eigenvalue weighted by molar-refractivity contribution is 0.578. The van der Waals surface area contributed by atoms with Crippen LogP contribution in [0.3, 0.4) is 0 Å². The molecular formula is C12H19N5. The first-order chi connectivity index (χ1) is 8.16. The van der Waals surface area contributed by atoms with E-state index in [-0.39, 0.29) is 0 Å². The van der Waals surface area contributed by atoms with E-state index in [1.54, 1.807) is 6.20 Å². The fraction of sp³-hybridized carbons (Fsp3) is 0.500. The minimum atomic E-state index is 0.309. The van der Waals surface area contributed by atoms with Crippen LogP contribution in [0.25, 0.3) is 0 Å². The lowest BCUT2D eigenvalue weighted by atomic mass is 10.3. The highest BCUT2D eigenvalue weighted by Crippen LogP contribution is 2.13. The van der Waals surface area contributed by atoms with Gasteiger partial charge in [0.1, 0.15) is 0 Å². The van der Waals surface area contributed by atoms with Gasteiger partial charge >= 0.3 is 0 Å². The van der Waals surface area contributed by atoms with E-state index in [4.69, 9.17) is 0 Å². The first-order valence-corrected chi connectivity index (χ1v) is 5.92. The van der Waals surface area contributed by atoms with Crippen molar-refractivity contribution in [1.29, 1.82) is 0 Å². The third-order valence-electron chi connectivity index (χ3n) is 2.64. The van der Waals surface area contributed by atoms with Gasteiger partial charge in [0.05, 0.1) is 6.33 Å². The van der Waals surface area contributed by atoms with Crippen molar-refractivity contribution >= 4 is 5.95 Å². The number of hydrogen-bond donors (Lipinski definition) is 1. The minimum Gasteiger partial charge on any atom is -0.351 e. The summed E-state index contributed by atoms with van der Waals surface area (Å²) in [5, 5.41) is 3.41. The fourth-order valence-corrected chi connectivity index (χ4v) is 1.82. The molecule has 5 nitrogen and oxygen atoms in total. The molecule has 17 heavy (non-hydrogen) atoms. The van der Waals surface area contributed by atoms with Crippen molar-refractivity contribution in [2.24, 2.45) is 0 Å². The summed E-state index contributed by atoms with van der Waals surface area (Å²) in [5.74, 6) is 0.924. The normalized spacial score (nSPS) is 12.9. The predicted octanol–water partition coefficient (Wildman–Crippen LogP) is 2.16. The summed E-state index contributed by atoms with van der Waals surface area (Å²) in [5.41, 5.74) is 0. The van der Waals surface area contributed by atoms with Gasteiger partial charge in [0, 0.05) is 43.4 Å². The number of hydrogen-bond acceptors (Lipinski definition) is 3. The average molecular weight is 233 g/mol. The summed E-state index contributed by atoms with van der Waals surface area (Å²) in [4.78, 5) is 8.37. The van der Waals surface area contributed by atoms with Gasteiger partial charge < -0.3 is 14.5 Å². The molecule has 0 aliphatic carbocycles. The largest absolute Gasteiger partial charge is 0.351 e. The lowest BCUT2D eigenvalue weighted by Gasteiger charge is -2.18. The minimum absolute atomic E-state index is 0.309. The molecule has 0 bridgehead atoms. The number of aromatic nitrogens is 4. The number of anilines is 1. The van der Waals surface area contributed by atoms with E-state index in [2.05, 4.69) is 45.2 Å². The molecule has 0 aliphatic heterocycles. The van der Waals surface area contributed by atoms with Crippen LogP contribution in [0.4, 0.5) is 5.95 Å². The van der Waals surface area contributed by atoms with Gasteiger partial charge in [-0.15, -0.1) is 0 Å². The maximum Gasteiger partial charge on any atom is 0.203 e. The monoisotopic (exact) mass is 233 g/mol. The third kappa shape index (κ3) is 2.87. The zero-order valence-corrected chi connectivity index (χ0v) is 10.5. The van der Waals surface area contributed by atoms with Crippen LogP contribution >= 0.6 is 0 Å². The predicted molar refractivity (Wildman–Crippen MR) is 67.9 cm³/mol. The standard InChI is InChI=1S/C12H19N5/c1-10(2)17-7-5-14-12(17)15-11(3)8-16-6-4-13-9-16/h4-7,9-11H,8H2,1-3H3,(H,14,15). The van der Waals surface area contributed by atoms with E-state index < -0.39 is 0 Å². The molecule has 1 unspecified atom stereocenters. The van der Waals surface area contributed by atoms with Crippen LogP contribution in [-0.4, -0.2) is 25.1 Å². The maximum absolute atomic E-state index is 4.33. The van der Waals surface area contributed by atoms with Crippen LogP contribution in [0, 0.1) is 0 Å². The second-order valence-corrected chi connectivity index (χ2v) is 4.56. The van der Waals surface area contributed by atoms with Gasteiger partial charge in [0.2, 0.25) is 5.95 Å². The average Bonchev–Trinajstić information content (AvgIpc) is 2.88. The van der Waals surface area contributed by atoms with Crippen LogP contribution in [0.5, 0.6) is 0 Å². The van der Waals surface area contributed by atoms with Crippen LogP contribution in [-0.2, 0) is 6.54 Å². The number of nitrogens with zero attached hydrogens (tertiary/aromatic N) is 4. The van der Waals surface area contributed by atoms with Gasteiger partial charge in [-0.3, -0.25) is 0 Å². The molecule has 0 amide bonds. The SMILES string of the molecule is CC(Cn1ccnc1)Nc1nccn1C(C)C. The Labute approximate surface area is 102 Å². The second kappa shape index (κ2) is 5.03. The summed E-state index contributed by atoms with van der Waals surface area (Å²) in [6, 6.07) is 0.726. The lowest BCUT2D eigenvalue weighted by Crippen LogP contribution is -2.23. The summed E-state index contributed by atoms with van der Waals surface area (Å²) < 4.78 is 4.19. The molecule has 0 aromatic carbocycles. The van der Waals surface area contributed by atoms with Gasteiger partial charge in [0.15, 0.2) is 0 Å². The van der Waals surface area contributed by atoms with Gasteiger partial charge in [0.25, 0.3) is 0 Å². The second-order valence-electron chi connectivity index (χ2n) is 4.56. The van der Waals surface area contributed by atoms with Crippen molar-refractivity contribution in [3.63, 3.8) is 0 Å². The number of imidazole rings is 2. The van der Waals surface area contributed by atoms with E-state index in [9.17, 15) is 0 Å². The molecule has 2 heterocycles. The smallest absolute Gasteiger partial charge is 0.203 e. The number of rotatable bonds is 5. The summed E-state index contributed by atoms with van der Waals surface area (Å²) in [6.07, 6.45) is 9.41. The quantitative estimate of drug-likeness (QED) is 0.861. The van der Waals surface area contributed by atoms with E-state index in [0.29, 0.717) is 12.1 Å². The Kier molecular flexibility index (Phi) is 3.46. The Hall–Kier alpha value is -1.78. The molecule has 5 heteroatoms. The van der Waals surface area contributed by atoms with Crippen LogP contribution < -0.4 is 5.32 Å². The maximum atomic E-state index is 4.33. The molecule has 0 spiro atoms. The van der Waals surface area contributed by atoms with Gasteiger partial charge in [-0.2, -0.15) is 0 Å². The molecule has 0 fully saturated rings. The topological polar surface area (TPSA) is 47.7 Å². The zero-order valence-electron chi connectivity index (χ0n) is 10.5. The zero-order chi connectivity index (χ0) is 12.3. The van der Waals surface area contributed by atoms with E-state index >= 15 is 0 Å². The molecule has 1 N–H and O–H groups in total. The molecule has 2 aromatic heterocycles.